The number of aromatic nitrogens is 2. The summed E-state index contributed by atoms with van der Waals surface area (Å²) in [4.78, 5) is 7.83. The Labute approximate surface area is 82.4 Å². The quantitative estimate of drug-likeness (QED) is 0.727. The molecule has 1 aromatic rings. The summed E-state index contributed by atoms with van der Waals surface area (Å²) in [6.07, 6.45) is 3.68. The van der Waals surface area contributed by atoms with Crippen molar-refractivity contribution < 1.29 is 5.11 Å². The number of hydrogen-bond donors (Lipinski definition) is 2. The molecule has 1 rings (SSSR count). The maximum Gasteiger partial charge on any atom is 0.158 e. The Kier molecular flexibility index (Phi) is 3.83. The van der Waals surface area contributed by atoms with Crippen molar-refractivity contribution in [2.45, 2.75) is 19.4 Å². The molecule has 14 heavy (non-hydrogen) atoms. The van der Waals surface area contributed by atoms with Crippen LogP contribution in [0.4, 0.5) is 5.82 Å². The molecule has 0 saturated heterocycles. The topological polar surface area (TPSA) is 81.8 Å². The van der Waals surface area contributed by atoms with E-state index in [0.29, 0.717) is 5.82 Å². The fourth-order valence-corrected chi connectivity index (χ4v) is 0.946. The Morgan fingerprint density at radius 2 is 2.36 bits per heavy atom. The van der Waals surface area contributed by atoms with Crippen molar-refractivity contribution in [2.75, 3.05) is 11.9 Å². The Morgan fingerprint density at radius 3 is 2.79 bits per heavy atom. The zero-order valence-corrected chi connectivity index (χ0v) is 7.94. The molecule has 1 aromatic heterocycles. The molecule has 0 amide bonds. The van der Waals surface area contributed by atoms with Crippen LogP contribution in [-0.4, -0.2) is 27.7 Å². The van der Waals surface area contributed by atoms with E-state index >= 15 is 0 Å². The van der Waals surface area contributed by atoms with Gasteiger partial charge in [0.2, 0.25) is 0 Å². The molecule has 0 fully saturated rings. The smallest absolute Gasteiger partial charge is 0.158 e. The fourth-order valence-electron chi connectivity index (χ4n) is 0.946. The van der Waals surface area contributed by atoms with Crippen LogP contribution in [0.25, 0.3) is 0 Å². The number of aliphatic hydroxyl groups is 1. The highest BCUT2D eigenvalue weighted by Crippen LogP contribution is 2.04. The molecule has 74 valence electrons. The molecule has 1 atom stereocenters. The van der Waals surface area contributed by atoms with E-state index in [0.717, 1.165) is 6.42 Å². The van der Waals surface area contributed by atoms with Crippen molar-refractivity contribution in [1.82, 2.24) is 9.97 Å². The van der Waals surface area contributed by atoms with Crippen molar-refractivity contribution in [1.29, 1.82) is 5.26 Å². The minimum Gasteiger partial charge on any atom is -0.394 e. The van der Waals surface area contributed by atoms with E-state index in [1.54, 1.807) is 0 Å². The van der Waals surface area contributed by atoms with Gasteiger partial charge in [-0.05, 0) is 6.42 Å². The number of nitrogens with zero attached hydrogens (tertiary/aromatic N) is 3. The molecule has 0 aliphatic rings. The van der Waals surface area contributed by atoms with Gasteiger partial charge in [0.25, 0.3) is 0 Å². The number of hydrogen-bond acceptors (Lipinski definition) is 5. The van der Waals surface area contributed by atoms with Crippen LogP contribution in [0.5, 0.6) is 0 Å². The van der Waals surface area contributed by atoms with Crippen LogP contribution in [0.1, 0.15) is 19.0 Å². The first kappa shape index (κ1) is 10.4. The van der Waals surface area contributed by atoms with Gasteiger partial charge < -0.3 is 10.4 Å². The minimum atomic E-state index is -0.0164. The molecule has 2 N–H and O–H groups in total. The monoisotopic (exact) mass is 192 g/mol. The van der Waals surface area contributed by atoms with Gasteiger partial charge in [0.1, 0.15) is 11.9 Å². The van der Waals surface area contributed by atoms with E-state index < -0.39 is 0 Å². The number of rotatable bonds is 4. The molecule has 0 radical (unpaired) electrons. The predicted molar refractivity (Wildman–Crippen MR) is 51.5 cm³/mol. The molecule has 0 aliphatic carbocycles. The van der Waals surface area contributed by atoms with Crippen LogP contribution in [0.15, 0.2) is 12.4 Å². The summed E-state index contributed by atoms with van der Waals surface area (Å²) in [5, 5.41) is 20.4. The van der Waals surface area contributed by atoms with Gasteiger partial charge in [-0.25, -0.2) is 9.97 Å². The Balaban J connectivity index is 2.64. The van der Waals surface area contributed by atoms with E-state index in [4.69, 9.17) is 10.4 Å². The van der Waals surface area contributed by atoms with Crippen molar-refractivity contribution in [3.63, 3.8) is 0 Å². The summed E-state index contributed by atoms with van der Waals surface area (Å²) < 4.78 is 0. The molecule has 5 heteroatoms. The lowest BCUT2D eigenvalue weighted by Crippen LogP contribution is -2.23. The van der Waals surface area contributed by atoms with Gasteiger partial charge in [0, 0.05) is 0 Å². The number of aliphatic hydroxyl groups excluding tert-OH is 1. The lowest BCUT2D eigenvalue weighted by Gasteiger charge is -2.13. The largest absolute Gasteiger partial charge is 0.394 e. The summed E-state index contributed by atoms with van der Waals surface area (Å²) in [5.41, 5.74) is 0.285. The first-order valence-electron chi connectivity index (χ1n) is 4.39. The second-order valence-corrected chi connectivity index (χ2v) is 2.83. The third-order valence-corrected chi connectivity index (χ3v) is 1.83. The van der Waals surface area contributed by atoms with Crippen molar-refractivity contribution in [2.24, 2.45) is 0 Å². The van der Waals surface area contributed by atoms with Gasteiger partial charge in [-0.15, -0.1) is 0 Å². The van der Waals surface area contributed by atoms with Crippen molar-refractivity contribution >= 4 is 5.82 Å². The Morgan fingerprint density at radius 1 is 1.57 bits per heavy atom. The summed E-state index contributed by atoms with van der Waals surface area (Å²) in [7, 11) is 0. The number of nitrogens with one attached hydrogen (secondary N) is 1. The molecule has 5 nitrogen and oxygen atoms in total. The second-order valence-electron chi connectivity index (χ2n) is 2.83. The SMILES string of the molecule is CC[C@H](CO)Nc1cnc(C#N)cn1. The Bertz CT molecular complexity index is 313. The van der Waals surface area contributed by atoms with E-state index in [-0.39, 0.29) is 18.3 Å². The lowest BCUT2D eigenvalue weighted by atomic mass is 10.2. The van der Waals surface area contributed by atoms with E-state index in [9.17, 15) is 0 Å². The molecule has 1 heterocycles. The van der Waals surface area contributed by atoms with Crippen LogP contribution in [-0.2, 0) is 0 Å². The molecule has 0 aromatic carbocycles. The Hall–Kier alpha value is -1.67. The lowest BCUT2D eigenvalue weighted by molar-refractivity contribution is 0.271. The second kappa shape index (κ2) is 5.14. The normalized spacial score (nSPS) is 11.8. The zero-order valence-electron chi connectivity index (χ0n) is 7.94. The van der Waals surface area contributed by atoms with Gasteiger partial charge in [-0.2, -0.15) is 5.26 Å². The summed E-state index contributed by atoms with van der Waals surface area (Å²) in [6, 6.07) is 1.87. The van der Waals surface area contributed by atoms with Crippen LogP contribution < -0.4 is 5.32 Å². The molecule has 0 unspecified atom stereocenters. The number of anilines is 1. The molecule has 0 aliphatic heterocycles. The average Bonchev–Trinajstić information content (AvgIpc) is 2.26. The maximum absolute atomic E-state index is 8.93. The third-order valence-electron chi connectivity index (χ3n) is 1.83. The molecular weight excluding hydrogens is 180 g/mol. The molecule has 0 bridgehead atoms. The van der Waals surface area contributed by atoms with Crippen LogP contribution >= 0.6 is 0 Å². The van der Waals surface area contributed by atoms with E-state index in [1.165, 1.54) is 12.4 Å². The fraction of sp³-hybridized carbons (Fsp3) is 0.444. The minimum absolute atomic E-state index is 0.0164. The van der Waals surface area contributed by atoms with Gasteiger partial charge in [-0.3, -0.25) is 0 Å². The maximum atomic E-state index is 8.93. The predicted octanol–water partition coefficient (Wildman–Crippen LogP) is 0.531. The highest BCUT2D eigenvalue weighted by Gasteiger charge is 2.04. The van der Waals surface area contributed by atoms with Gasteiger partial charge in [0.15, 0.2) is 5.69 Å². The third kappa shape index (κ3) is 2.68. The molecular formula is C9H12N4O. The van der Waals surface area contributed by atoms with Gasteiger partial charge >= 0.3 is 0 Å². The highest BCUT2D eigenvalue weighted by molar-refractivity contribution is 5.34. The first-order valence-corrected chi connectivity index (χ1v) is 4.39. The van der Waals surface area contributed by atoms with E-state index in [1.807, 2.05) is 13.0 Å². The van der Waals surface area contributed by atoms with E-state index in [2.05, 4.69) is 15.3 Å². The van der Waals surface area contributed by atoms with Crippen molar-refractivity contribution in [3.05, 3.63) is 18.1 Å². The molecule has 0 spiro atoms. The standard InChI is InChI=1S/C9H12N4O/c1-2-7(6-14)13-9-5-11-8(3-10)4-12-9/h4-5,7,14H,2,6H2,1H3,(H,12,13)/t7-/m1/s1. The van der Waals surface area contributed by atoms with Gasteiger partial charge in [-0.1, -0.05) is 6.92 Å². The summed E-state index contributed by atoms with van der Waals surface area (Å²) in [5.74, 6) is 0.574. The van der Waals surface area contributed by atoms with Crippen LogP contribution in [0.3, 0.4) is 0 Å². The van der Waals surface area contributed by atoms with Crippen LogP contribution in [0, 0.1) is 11.3 Å². The first-order chi connectivity index (χ1) is 6.80. The molecule has 0 saturated carbocycles. The average molecular weight is 192 g/mol. The highest BCUT2D eigenvalue weighted by atomic mass is 16.3. The van der Waals surface area contributed by atoms with Crippen LogP contribution in [0.2, 0.25) is 0 Å². The zero-order chi connectivity index (χ0) is 10.4. The summed E-state index contributed by atoms with van der Waals surface area (Å²) in [6.45, 7) is 2.02. The van der Waals surface area contributed by atoms with Crippen molar-refractivity contribution in [3.8, 4) is 6.07 Å². The van der Waals surface area contributed by atoms with Gasteiger partial charge in [0.05, 0.1) is 25.0 Å². The summed E-state index contributed by atoms with van der Waals surface area (Å²) >= 11 is 0. The number of nitriles is 1.